The summed E-state index contributed by atoms with van der Waals surface area (Å²) in [5.41, 5.74) is 5.25. The highest BCUT2D eigenvalue weighted by Crippen LogP contribution is 2.32. The van der Waals surface area contributed by atoms with Gasteiger partial charge < -0.3 is 48.3 Å². The SMILES string of the molecule is O=C(CCC(=O)Oc1cc(CCNC(=O)OCc2ccccc2)ccc1O)OC[C@H]1O[C@@H](OCc2ccccc2)[C@H](OCc2ccccc2)[C@@H](OCc2ccccc2)[C@@H]1OCc1ccccc1. The molecule has 13 heteroatoms. The highest BCUT2D eigenvalue weighted by Gasteiger charge is 2.49. The van der Waals surface area contributed by atoms with E-state index in [2.05, 4.69) is 5.32 Å². The van der Waals surface area contributed by atoms with Gasteiger partial charge in [-0.2, -0.15) is 0 Å². The Labute approximate surface area is 390 Å². The fourth-order valence-electron chi connectivity index (χ4n) is 7.27. The second kappa shape index (κ2) is 25.7. The molecule has 1 aliphatic rings. The highest BCUT2D eigenvalue weighted by molar-refractivity contribution is 5.79. The zero-order valence-electron chi connectivity index (χ0n) is 37.1. The standard InChI is InChI=1S/C54H55NO12/c56-45-27-26-39(30-31-55-54(59)65-37-44-24-14-5-15-25-44)32-46(45)66-49(58)29-28-48(57)60-38-47-50(61-33-40-16-6-1-7-17-40)51(62-34-41-18-8-2-9-19-41)52(63-35-42-20-10-3-11-21-42)53(67-47)64-36-43-22-12-4-13-23-43/h1-27,32,47,50-53,56H,28-31,33-38H2,(H,55,59)/t47-,50-,51+,52-,53-/m1/s1. The fraction of sp³-hybridized carbons (Fsp3) is 0.278. The topological polar surface area (TPSA) is 157 Å². The van der Waals surface area contributed by atoms with Gasteiger partial charge in [0.1, 0.15) is 37.6 Å². The highest BCUT2D eigenvalue weighted by atomic mass is 16.7. The van der Waals surface area contributed by atoms with Gasteiger partial charge in [0.15, 0.2) is 17.8 Å². The molecule has 1 fully saturated rings. The van der Waals surface area contributed by atoms with Crippen molar-refractivity contribution in [3.63, 3.8) is 0 Å². The van der Waals surface area contributed by atoms with Crippen molar-refractivity contribution in [3.8, 4) is 11.5 Å². The van der Waals surface area contributed by atoms with Crippen LogP contribution in [0.1, 0.15) is 46.2 Å². The molecule has 1 saturated heterocycles. The Morgan fingerprint density at radius 1 is 0.493 bits per heavy atom. The van der Waals surface area contributed by atoms with Crippen molar-refractivity contribution < 1.29 is 57.4 Å². The predicted molar refractivity (Wildman–Crippen MR) is 247 cm³/mol. The van der Waals surface area contributed by atoms with E-state index in [1.165, 1.54) is 12.1 Å². The molecule has 7 rings (SSSR count). The third-order valence-corrected chi connectivity index (χ3v) is 10.8. The molecule has 0 aromatic heterocycles. The number of ether oxygens (including phenoxy) is 8. The lowest BCUT2D eigenvalue weighted by molar-refractivity contribution is -0.329. The number of carbonyl (C=O) groups excluding carboxylic acids is 3. The summed E-state index contributed by atoms with van der Waals surface area (Å²) >= 11 is 0. The molecule has 6 aromatic carbocycles. The van der Waals surface area contributed by atoms with Crippen molar-refractivity contribution in [2.75, 3.05) is 13.2 Å². The number of hydrogen-bond donors (Lipinski definition) is 2. The van der Waals surface area contributed by atoms with Crippen LogP contribution in [0.25, 0.3) is 0 Å². The van der Waals surface area contributed by atoms with Crippen molar-refractivity contribution in [1.29, 1.82) is 0 Å². The first-order chi connectivity index (χ1) is 32.9. The molecule has 6 aromatic rings. The van der Waals surface area contributed by atoms with Gasteiger partial charge in [0, 0.05) is 6.54 Å². The molecule has 0 aliphatic carbocycles. The van der Waals surface area contributed by atoms with Crippen molar-refractivity contribution in [2.24, 2.45) is 0 Å². The molecule has 1 heterocycles. The van der Waals surface area contributed by atoms with Crippen molar-refractivity contribution in [2.45, 2.75) is 83.0 Å². The zero-order chi connectivity index (χ0) is 46.5. The molecule has 1 aliphatic heterocycles. The molecule has 0 unspecified atom stereocenters. The third kappa shape index (κ3) is 15.6. The largest absolute Gasteiger partial charge is 0.504 e. The van der Waals surface area contributed by atoms with Crippen molar-refractivity contribution in [1.82, 2.24) is 5.32 Å². The summed E-state index contributed by atoms with van der Waals surface area (Å²) in [6.07, 6.45) is -5.10. The number of phenols is 1. The maximum absolute atomic E-state index is 13.4. The number of alkyl carbamates (subject to hydrolysis) is 1. The summed E-state index contributed by atoms with van der Waals surface area (Å²) in [6, 6.07) is 52.7. The van der Waals surface area contributed by atoms with E-state index in [0.717, 1.165) is 27.8 Å². The number of nitrogens with one attached hydrogen (secondary N) is 1. The van der Waals surface area contributed by atoms with Crippen LogP contribution in [0.4, 0.5) is 4.79 Å². The van der Waals surface area contributed by atoms with Crippen LogP contribution in [-0.2, 0) is 82.2 Å². The minimum Gasteiger partial charge on any atom is -0.504 e. The molecule has 13 nitrogen and oxygen atoms in total. The van der Waals surface area contributed by atoms with Crippen molar-refractivity contribution in [3.05, 3.63) is 203 Å². The van der Waals surface area contributed by atoms with E-state index in [4.69, 9.17) is 37.9 Å². The summed E-state index contributed by atoms with van der Waals surface area (Å²) in [5.74, 6) is -1.78. The number of amides is 1. The van der Waals surface area contributed by atoms with Crippen LogP contribution in [0.15, 0.2) is 170 Å². The summed E-state index contributed by atoms with van der Waals surface area (Å²) in [5, 5.41) is 13.2. The van der Waals surface area contributed by atoms with E-state index >= 15 is 0 Å². The normalized spacial score (nSPS) is 17.8. The average molecular weight is 910 g/mol. The van der Waals surface area contributed by atoms with E-state index in [1.54, 1.807) is 6.07 Å². The summed E-state index contributed by atoms with van der Waals surface area (Å²) in [4.78, 5) is 38.5. The molecule has 0 radical (unpaired) electrons. The molecular weight excluding hydrogens is 855 g/mol. The van der Waals surface area contributed by atoms with Gasteiger partial charge in [-0.15, -0.1) is 0 Å². The second-order valence-corrected chi connectivity index (χ2v) is 15.8. The first-order valence-electron chi connectivity index (χ1n) is 22.3. The van der Waals surface area contributed by atoms with Crippen LogP contribution < -0.4 is 10.1 Å². The molecule has 2 N–H and O–H groups in total. The average Bonchev–Trinajstić information content (AvgIpc) is 3.37. The van der Waals surface area contributed by atoms with E-state index in [9.17, 15) is 19.5 Å². The van der Waals surface area contributed by atoms with Gasteiger partial charge in [0.05, 0.1) is 39.3 Å². The van der Waals surface area contributed by atoms with Crippen LogP contribution >= 0.6 is 0 Å². The third-order valence-electron chi connectivity index (χ3n) is 10.8. The van der Waals surface area contributed by atoms with Crippen LogP contribution in [0, 0.1) is 0 Å². The fourth-order valence-corrected chi connectivity index (χ4v) is 7.27. The van der Waals surface area contributed by atoms with Crippen LogP contribution in [0.3, 0.4) is 0 Å². The number of aromatic hydroxyl groups is 1. The van der Waals surface area contributed by atoms with E-state index in [-0.39, 0.29) is 70.5 Å². The first kappa shape index (κ1) is 48.1. The van der Waals surface area contributed by atoms with Crippen LogP contribution in [0.5, 0.6) is 11.5 Å². The quantitative estimate of drug-likeness (QED) is 0.0466. The van der Waals surface area contributed by atoms with Gasteiger partial charge in [0.25, 0.3) is 0 Å². The minimum atomic E-state index is -0.979. The number of carbonyl (C=O) groups is 3. The van der Waals surface area contributed by atoms with Gasteiger partial charge in [-0.3, -0.25) is 9.59 Å². The van der Waals surface area contributed by atoms with Crippen molar-refractivity contribution >= 4 is 18.0 Å². The number of hydrogen-bond acceptors (Lipinski definition) is 12. The van der Waals surface area contributed by atoms with Crippen LogP contribution in [-0.4, -0.2) is 67.0 Å². The van der Waals surface area contributed by atoms with E-state index in [1.807, 2.05) is 152 Å². The molecule has 0 bridgehead atoms. The number of rotatable bonds is 23. The molecule has 348 valence electrons. The van der Waals surface area contributed by atoms with Gasteiger partial charge in [0.2, 0.25) is 0 Å². The molecule has 1 amide bonds. The van der Waals surface area contributed by atoms with Gasteiger partial charge in [-0.25, -0.2) is 4.79 Å². The molecule has 0 saturated carbocycles. The molecule has 67 heavy (non-hydrogen) atoms. The Hall–Kier alpha value is -6.87. The Balaban J connectivity index is 1.00. The molecule has 5 atom stereocenters. The summed E-state index contributed by atoms with van der Waals surface area (Å²) in [6.45, 7) is 0.971. The maximum Gasteiger partial charge on any atom is 0.407 e. The smallest absolute Gasteiger partial charge is 0.407 e. The van der Waals surface area contributed by atoms with Gasteiger partial charge >= 0.3 is 18.0 Å². The van der Waals surface area contributed by atoms with Gasteiger partial charge in [-0.05, 0) is 51.9 Å². The predicted octanol–water partition coefficient (Wildman–Crippen LogP) is 8.79. The number of benzene rings is 6. The zero-order valence-corrected chi connectivity index (χ0v) is 37.1. The summed E-state index contributed by atoms with van der Waals surface area (Å²) < 4.78 is 49.7. The first-order valence-corrected chi connectivity index (χ1v) is 22.3. The Morgan fingerprint density at radius 2 is 0.955 bits per heavy atom. The second-order valence-electron chi connectivity index (χ2n) is 15.8. The Bertz CT molecular complexity index is 2410. The van der Waals surface area contributed by atoms with E-state index < -0.39 is 48.7 Å². The lowest BCUT2D eigenvalue weighted by Crippen LogP contribution is -2.61. The maximum atomic E-state index is 13.4. The van der Waals surface area contributed by atoms with Gasteiger partial charge in [-0.1, -0.05) is 158 Å². The number of esters is 2. The molecular formula is C54H55NO12. The van der Waals surface area contributed by atoms with E-state index in [0.29, 0.717) is 12.0 Å². The minimum absolute atomic E-state index is 0.0799. The Morgan fingerprint density at radius 3 is 1.49 bits per heavy atom. The molecule has 0 spiro atoms. The Kier molecular flexibility index (Phi) is 18.5. The number of phenolic OH excluding ortho intramolecular Hbond substituents is 1. The van der Waals surface area contributed by atoms with Crippen LogP contribution in [0.2, 0.25) is 0 Å². The lowest BCUT2D eigenvalue weighted by atomic mass is 9.97. The summed E-state index contributed by atoms with van der Waals surface area (Å²) in [7, 11) is 0. The monoisotopic (exact) mass is 909 g/mol. The lowest BCUT2D eigenvalue weighted by Gasteiger charge is -2.45.